The van der Waals surface area contributed by atoms with Gasteiger partial charge in [-0.2, -0.15) is 0 Å². The van der Waals surface area contributed by atoms with Crippen molar-refractivity contribution in [3.8, 4) is 0 Å². The molecule has 0 bridgehead atoms. The van der Waals surface area contributed by atoms with Crippen molar-refractivity contribution in [1.82, 2.24) is 0 Å². The van der Waals surface area contributed by atoms with E-state index in [-0.39, 0.29) is 5.41 Å². The highest BCUT2D eigenvalue weighted by molar-refractivity contribution is 8.01. The van der Waals surface area contributed by atoms with E-state index in [9.17, 15) is 0 Å². The van der Waals surface area contributed by atoms with Crippen LogP contribution in [0.2, 0.25) is 0 Å². The number of thioether (sulfide) groups is 1. The maximum atomic E-state index is 3.38. The number of rotatable bonds is 2. The van der Waals surface area contributed by atoms with Crippen LogP contribution in [0.15, 0.2) is 41.5 Å². The molecular formula is C14H18S. The van der Waals surface area contributed by atoms with Gasteiger partial charge in [0.25, 0.3) is 0 Å². The standard InChI is InChI=1S/C14H18S/c1-14(2,3)13(10-11-15-4)12-8-6-5-7-9-12/h5-9,11H,1-4H3. The molecule has 1 aromatic rings. The maximum Gasteiger partial charge on any atom is 0.0129 e. The topological polar surface area (TPSA) is 0 Å². The molecule has 0 aromatic heterocycles. The quantitative estimate of drug-likeness (QED) is 0.654. The second kappa shape index (κ2) is 5.25. The van der Waals surface area contributed by atoms with Crippen LogP contribution in [0.3, 0.4) is 0 Å². The van der Waals surface area contributed by atoms with Gasteiger partial charge in [0.1, 0.15) is 0 Å². The largest absolute Gasteiger partial charge is 0.129 e. The van der Waals surface area contributed by atoms with Gasteiger partial charge in [0.05, 0.1) is 0 Å². The Morgan fingerprint density at radius 1 is 1.20 bits per heavy atom. The molecule has 80 valence electrons. The SMILES string of the molecule is CSC=C=C(c1ccccc1)C(C)(C)C. The predicted molar refractivity (Wildman–Crippen MR) is 70.9 cm³/mol. The van der Waals surface area contributed by atoms with Crippen molar-refractivity contribution in [2.75, 3.05) is 6.26 Å². The molecule has 0 aliphatic heterocycles. The first-order valence-electron chi connectivity index (χ1n) is 5.09. The van der Waals surface area contributed by atoms with Gasteiger partial charge < -0.3 is 0 Å². The van der Waals surface area contributed by atoms with E-state index in [0.717, 1.165) is 0 Å². The molecule has 1 rings (SSSR count). The molecule has 0 saturated heterocycles. The van der Waals surface area contributed by atoms with Gasteiger partial charge in [-0.3, -0.25) is 0 Å². The summed E-state index contributed by atoms with van der Waals surface area (Å²) in [4.78, 5) is 0. The predicted octanol–water partition coefficient (Wildman–Crippen LogP) is 4.59. The average molecular weight is 218 g/mol. The molecule has 0 fully saturated rings. The van der Waals surface area contributed by atoms with Crippen LogP contribution in [0.1, 0.15) is 26.3 Å². The van der Waals surface area contributed by atoms with E-state index in [1.807, 2.05) is 11.5 Å². The summed E-state index contributed by atoms with van der Waals surface area (Å²) in [6.45, 7) is 6.66. The molecule has 1 aromatic carbocycles. The van der Waals surface area contributed by atoms with E-state index >= 15 is 0 Å². The highest BCUT2D eigenvalue weighted by Gasteiger charge is 2.17. The third kappa shape index (κ3) is 3.62. The van der Waals surface area contributed by atoms with Gasteiger partial charge in [-0.05, 0) is 17.2 Å². The lowest BCUT2D eigenvalue weighted by Gasteiger charge is -2.21. The van der Waals surface area contributed by atoms with Gasteiger partial charge in [-0.1, -0.05) is 51.1 Å². The lowest BCUT2D eigenvalue weighted by atomic mass is 9.83. The zero-order chi connectivity index (χ0) is 11.3. The molecule has 0 atom stereocenters. The van der Waals surface area contributed by atoms with E-state index in [1.165, 1.54) is 11.1 Å². The van der Waals surface area contributed by atoms with Crippen molar-refractivity contribution in [2.24, 2.45) is 5.41 Å². The minimum Gasteiger partial charge on any atom is -0.129 e. The fraction of sp³-hybridized carbons (Fsp3) is 0.357. The Morgan fingerprint density at radius 3 is 2.27 bits per heavy atom. The number of hydrogen-bond acceptors (Lipinski definition) is 1. The van der Waals surface area contributed by atoms with E-state index in [2.05, 4.69) is 57.0 Å². The summed E-state index contributed by atoms with van der Waals surface area (Å²) in [6, 6.07) is 10.5. The fourth-order valence-corrected chi connectivity index (χ4v) is 1.69. The van der Waals surface area contributed by atoms with Crippen LogP contribution in [0.5, 0.6) is 0 Å². The van der Waals surface area contributed by atoms with Crippen molar-refractivity contribution >= 4 is 17.3 Å². The van der Waals surface area contributed by atoms with Gasteiger partial charge in [0.15, 0.2) is 0 Å². The molecule has 1 heteroatoms. The minimum atomic E-state index is 0.133. The molecule has 15 heavy (non-hydrogen) atoms. The highest BCUT2D eigenvalue weighted by Crippen LogP contribution is 2.32. The molecule has 0 radical (unpaired) electrons. The molecule has 0 unspecified atom stereocenters. The van der Waals surface area contributed by atoms with Crippen molar-refractivity contribution in [3.05, 3.63) is 47.0 Å². The highest BCUT2D eigenvalue weighted by atomic mass is 32.2. The van der Waals surface area contributed by atoms with Crippen molar-refractivity contribution in [1.29, 1.82) is 0 Å². The van der Waals surface area contributed by atoms with E-state index in [4.69, 9.17) is 0 Å². The summed E-state index contributed by atoms with van der Waals surface area (Å²) in [7, 11) is 0. The van der Waals surface area contributed by atoms with Crippen LogP contribution in [-0.4, -0.2) is 6.26 Å². The van der Waals surface area contributed by atoms with Crippen LogP contribution in [0.4, 0.5) is 0 Å². The first-order chi connectivity index (χ1) is 7.05. The lowest BCUT2D eigenvalue weighted by Crippen LogP contribution is -2.07. The lowest BCUT2D eigenvalue weighted by molar-refractivity contribution is 0.567. The Bertz CT molecular complexity index is 362. The Hall–Kier alpha value is -0.910. The van der Waals surface area contributed by atoms with Crippen LogP contribution in [-0.2, 0) is 0 Å². The minimum absolute atomic E-state index is 0.133. The van der Waals surface area contributed by atoms with E-state index < -0.39 is 0 Å². The molecule has 0 heterocycles. The fourth-order valence-electron chi connectivity index (χ4n) is 1.46. The van der Waals surface area contributed by atoms with Crippen LogP contribution in [0.25, 0.3) is 5.57 Å². The summed E-state index contributed by atoms with van der Waals surface area (Å²) in [6.07, 6.45) is 2.05. The monoisotopic (exact) mass is 218 g/mol. The van der Waals surface area contributed by atoms with Gasteiger partial charge in [-0.25, -0.2) is 0 Å². The zero-order valence-corrected chi connectivity index (χ0v) is 10.7. The van der Waals surface area contributed by atoms with E-state index in [0.29, 0.717) is 0 Å². The summed E-state index contributed by atoms with van der Waals surface area (Å²) in [5, 5.41) is 2.02. The first-order valence-corrected chi connectivity index (χ1v) is 6.38. The Kier molecular flexibility index (Phi) is 4.26. The zero-order valence-electron chi connectivity index (χ0n) is 9.87. The Balaban J connectivity index is 3.21. The number of benzene rings is 1. The summed E-state index contributed by atoms with van der Waals surface area (Å²) >= 11 is 1.68. The third-order valence-corrected chi connectivity index (χ3v) is 2.49. The molecular weight excluding hydrogens is 200 g/mol. The Labute approximate surface area is 97.1 Å². The van der Waals surface area contributed by atoms with Gasteiger partial charge in [-0.15, -0.1) is 17.5 Å². The van der Waals surface area contributed by atoms with Crippen LogP contribution in [0, 0.1) is 5.41 Å². The molecule has 0 amide bonds. The van der Waals surface area contributed by atoms with Gasteiger partial charge in [0, 0.05) is 11.0 Å². The van der Waals surface area contributed by atoms with Gasteiger partial charge >= 0.3 is 0 Å². The third-order valence-electron chi connectivity index (χ3n) is 2.13. The normalized spacial score (nSPS) is 10.7. The summed E-state index contributed by atoms with van der Waals surface area (Å²) in [5.74, 6) is 0. The number of hydrogen-bond donors (Lipinski definition) is 0. The van der Waals surface area contributed by atoms with Gasteiger partial charge in [0.2, 0.25) is 0 Å². The van der Waals surface area contributed by atoms with Crippen molar-refractivity contribution in [2.45, 2.75) is 20.8 Å². The van der Waals surface area contributed by atoms with Crippen LogP contribution >= 0.6 is 11.8 Å². The first kappa shape index (κ1) is 12.2. The maximum absolute atomic E-state index is 3.38. The molecule has 0 saturated carbocycles. The second-order valence-corrected chi connectivity index (χ2v) is 5.20. The Morgan fingerprint density at radius 2 is 1.80 bits per heavy atom. The van der Waals surface area contributed by atoms with Crippen molar-refractivity contribution < 1.29 is 0 Å². The smallest absolute Gasteiger partial charge is 0.0129 e. The average Bonchev–Trinajstić information content (AvgIpc) is 2.18. The number of allylic oxidation sites excluding steroid dienone is 1. The van der Waals surface area contributed by atoms with Crippen LogP contribution < -0.4 is 0 Å². The molecule has 0 spiro atoms. The summed E-state index contributed by atoms with van der Waals surface area (Å²) in [5.41, 5.74) is 6.03. The van der Waals surface area contributed by atoms with Crippen molar-refractivity contribution in [3.63, 3.8) is 0 Å². The molecule has 0 N–H and O–H groups in total. The summed E-state index contributed by atoms with van der Waals surface area (Å²) < 4.78 is 0. The molecule has 0 aliphatic rings. The molecule has 0 aliphatic carbocycles. The second-order valence-electron chi connectivity index (χ2n) is 4.49. The van der Waals surface area contributed by atoms with E-state index in [1.54, 1.807) is 11.8 Å². The molecule has 0 nitrogen and oxygen atoms in total.